The standard InChI is InChI=1S/C16H26N4O4/c1-10-13(15(18(2)3)19(4)17-10)14-11(16(22)23)9-12(21)20(14)7-6-8-24-5/h11,14H,6-9H2,1-5H3,(H,22,23)/t11-,14+/m1/s1. The molecular weight excluding hydrogens is 312 g/mol. The minimum absolute atomic E-state index is 0.0220. The molecule has 2 heterocycles. The van der Waals surface area contributed by atoms with E-state index in [-0.39, 0.29) is 12.3 Å². The zero-order valence-electron chi connectivity index (χ0n) is 14.9. The molecule has 8 heteroatoms. The molecule has 0 unspecified atom stereocenters. The van der Waals surface area contributed by atoms with Crippen LogP contribution in [0.1, 0.15) is 30.1 Å². The Bertz CT molecular complexity index is 626. The van der Waals surface area contributed by atoms with Crippen molar-refractivity contribution in [3.63, 3.8) is 0 Å². The predicted molar refractivity (Wildman–Crippen MR) is 89.0 cm³/mol. The zero-order valence-corrected chi connectivity index (χ0v) is 14.9. The van der Waals surface area contributed by atoms with Gasteiger partial charge in [0.1, 0.15) is 5.82 Å². The Morgan fingerprint density at radius 3 is 2.67 bits per heavy atom. The Hall–Kier alpha value is -2.09. The van der Waals surface area contributed by atoms with E-state index in [1.165, 1.54) is 0 Å². The van der Waals surface area contributed by atoms with Crippen molar-refractivity contribution in [1.29, 1.82) is 0 Å². The molecule has 0 aliphatic carbocycles. The predicted octanol–water partition coefficient (Wildman–Crippen LogP) is 0.805. The number of carboxylic acids is 1. The Morgan fingerprint density at radius 1 is 1.46 bits per heavy atom. The number of carbonyl (C=O) groups is 2. The zero-order chi connectivity index (χ0) is 18.0. The van der Waals surface area contributed by atoms with Gasteiger partial charge in [0.25, 0.3) is 0 Å². The maximum Gasteiger partial charge on any atom is 0.309 e. The highest BCUT2D eigenvalue weighted by Gasteiger charge is 2.47. The summed E-state index contributed by atoms with van der Waals surface area (Å²) in [4.78, 5) is 27.8. The van der Waals surface area contributed by atoms with Gasteiger partial charge in [0.2, 0.25) is 5.91 Å². The molecule has 0 aromatic carbocycles. The second-order valence-corrected chi connectivity index (χ2v) is 6.37. The summed E-state index contributed by atoms with van der Waals surface area (Å²) in [5, 5.41) is 14.1. The third kappa shape index (κ3) is 3.24. The van der Waals surface area contributed by atoms with E-state index < -0.39 is 17.9 Å². The van der Waals surface area contributed by atoms with E-state index in [1.807, 2.05) is 33.0 Å². The van der Waals surface area contributed by atoms with Gasteiger partial charge in [-0.15, -0.1) is 0 Å². The molecule has 0 spiro atoms. The molecule has 134 valence electrons. The van der Waals surface area contributed by atoms with Gasteiger partial charge in [0.05, 0.1) is 17.7 Å². The largest absolute Gasteiger partial charge is 0.481 e. The lowest BCUT2D eigenvalue weighted by molar-refractivity contribution is -0.142. The van der Waals surface area contributed by atoms with E-state index in [9.17, 15) is 14.7 Å². The summed E-state index contributed by atoms with van der Waals surface area (Å²) >= 11 is 0. The number of hydrogen-bond acceptors (Lipinski definition) is 5. The van der Waals surface area contributed by atoms with Gasteiger partial charge in [-0.05, 0) is 13.3 Å². The number of methoxy groups -OCH3 is 1. The number of aromatic nitrogens is 2. The monoisotopic (exact) mass is 338 g/mol. The molecular formula is C16H26N4O4. The van der Waals surface area contributed by atoms with Crippen molar-refractivity contribution < 1.29 is 19.4 Å². The Balaban J connectivity index is 2.48. The lowest BCUT2D eigenvalue weighted by atomic mass is 9.93. The van der Waals surface area contributed by atoms with Crippen molar-refractivity contribution in [1.82, 2.24) is 14.7 Å². The maximum absolute atomic E-state index is 12.4. The Kier molecular flexibility index (Phi) is 5.48. The van der Waals surface area contributed by atoms with Crippen LogP contribution in [0.4, 0.5) is 5.82 Å². The molecule has 1 fully saturated rings. The van der Waals surface area contributed by atoms with Crippen molar-refractivity contribution in [3.05, 3.63) is 11.3 Å². The molecule has 8 nitrogen and oxygen atoms in total. The fourth-order valence-electron chi connectivity index (χ4n) is 3.55. The highest BCUT2D eigenvalue weighted by atomic mass is 16.5. The van der Waals surface area contributed by atoms with E-state index in [0.29, 0.717) is 19.6 Å². The van der Waals surface area contributed by atoms with Crippen LogP contribution in [0.5, 0.6) is 0 Å². The van der Waals surface area contributed by atoms with Crippen molar-refractivity contribution in [2.75, 3.05) is 39.3 Å². The van der Waals surface area contributed by atoms with Crippen LogP contribution in [-0.2, 0) is 21.4 Å². The number of nitrogens with zero attached hydrogens (tertiary/aromatic N) is 4. The number of anilines is 1. The second kappa shape index (κ2) is 7.21. The molecule has 1 amide bonds. The van der Waals surface area contributed by atoms with Crippen molar-refractivity contribution in [2.24, 2.45) is 13.0 Å². The second-order valence-electron chi connectivity index (χ2n) is 6.37. The summed E-state index contributed by atoms with van der Waals surface area (Å²) in [6, 6.07) is -0.502. The van der Waals surface area contributed by atoms with Gasteiger partial charge in [-0.1, -0.05) is 0 Å². The van der Waals surface area contributed by atoms with E-state index in [4.69, 9.17) is 4.74 Å². The minimum atomic E-state index is -0.949. The number of rotatable bonds is 7. The SMILES string of the molecule is COCCCN1C(=O)C[C@@H](C(=O)O)[C@H]1c1c(C)nn(C)c1N(C)C. The average Bonchev–Trinajstić information content (AvgIpc) is 2.96. The number of aryl methyl sites for hydroxylation is 2. The van der Waals surface area contributed by atoms with Crippen LogP contribution in [0.25, 0.3) is 0 Å². The van der Waals surface area contributed by atoms with Crippen LogP contribution in [0.3, 0.4) is 0 Å². The van der Waals surface area contributed by atoms with E-state index in [0.717, 1.165) is 17.1 Å². The number of hydrogen-bond donors (Lipinski definition) is 1. The summed E-state index contributed by atoms with van der Waals surface area (Å²) in [5.74, 6) is -1.01. The third-order valence-corrected chi connectivity index (χ3v) is 4.45. The highest BCUT2D eigenvalue weighted by molar-refractivity contribution is 5.88. The van der Waals surface area contributed by atoms with Crippen LogP contribution in [0, 0.1) is 12.8 Å². The van der Waals surface area contributed by atoms with Gasteiger partial charge in [-0.25, -0.2) is 0 Å². The number of likely N-dealkylation sites (tertiary alicyclic amines) is 1. The highest BCUT2D eigenvalue weighted by Crippen LogP contribution is 2.43. The molecule has 0 bridgehead atoms. The lowest BCUT2D eigenvalue weighted by Crippen LogP contribution is -2.33. The average molecular weight is 338 g/mol. The number of carboxylic acid groups (broad SMARTS) is 1. The quantitative estimate of drug-likeness (QED) is 0.740. The first-order valence-corrected chi connectivity index (χ1v) is 8.01. The van der Waals surface area contributed by atoms with Crippen molar-refractivity contribution in [2.45, 2.75) is 25.8 Å². The molecule has 1 aromatic heterocycles. The normalized spacial score (nSPS) is 20.7. The first-order chi connectivity index (χ1) is 11.3. The molecule has 2 rings (SSSR count). The molecule has 2 atom stereocenters. The van der Waals surface area contributed by atoms with Gasteiger partial charge >= 0.3 is 5.97 Å². The van der Waals surface area contributed by atoms with Crippen LogP contribution in [0.15, 0.2) is 0 Å². The fourth-order valence-corrected chi connectivity index (χ4v) is 3.55. The van der Waals surface area contributed by atoms with Gasteiger partial charge < -0.3 is 19.6 Å². The number of carbonyl (C=O) groups excluding carboxylic acids is 1. The van der Waals surface area contributed by atoms with Gasteiger partial charge in [0.15, 0.2) is 0 Å². The smallest absolute Gasteiger partial charge is 0.309 e. The summed E-state index contributed by atoms with van der Waals surface area (Å²) in [6.07, 6.45) is 0.690. The molecule has 1 N–H and O–H groups in total. The van der Waals surface area contributed by atoms with E-state index in [1.54, 1.807) is 16.7 Å². The minimum Gasteiger partial charge on any atom is -0.481 e. The molecule has 24 heavy (non-hydrogen) atoms. The molecule has 1 aromatic rings. The molecule has 1 aliphatic heterocycles. The summed E-state index contributed by atoms with van der Waals surface area (Å²) in [5.41, 5.74) is 1.57. The van der Waals surface area contributed by atoms with Gasteiger partial charge in [0, 0.05) is 53.4 Å². The first-order valence-electron chi connectivity index (χ1n) is 8.01. The maximum atomic E-state index is 12.4. The van der Waals surface area contributed by atoms with Crippen molar-refractivity contribution in [3.8, 4) is 0 Å². The molecule has 1 saturated heterocycles. The van der Waals surface area contributed by atoms with Crippen LogP contribution in [-0.4, -0.2) is 66.0 Å². The first kappa shape index (κ1) is 18.3. The fraction of sp³-hybridized carbons (Fsp3) is 0.688. The van der Waals surface area contributed by atoms with Gasteiger partial charge in [-0.3, -0.25) is 14.3 Å². The molecule has 1 aliphatic rings. The summed E-state index contributed by atoms with van der Waals surface area (Å²) in [7, 11) is 7.22. The number of amides is 1. The Labute approximate surface area is 142 Å². The van der Waals surface area contributed by atoms with Gasteiger partial charge in [-0.2, -0.15) is 5.10 Å². The van der Waals surface area contributed by atoms with Crippen LogP contribution < -0.4 is 4.90 Å². The van der Waals surface area contributed by atoms with Crippen LogP contribution >= 0.6 is 0 Å². The topological polar surface area (TPSA) is 87.9 Å². The number of aliphatic carboxylic acids is 1. The van der Waals surface area contributed by atoms with Crippen molar-refractivity contribution >= 4 is 17.7 Å². The summed E-state index contributed by atoms with van der Waals surface area (Å²) < 4.78 is 6.80. The molecule has 0 saturated carbocycles. The Morgan fingerprint density at radius 2 is 2.12 bits per heavy atom. The molecule has 0 radical (unpaired) electrons. The van der Waals surface area contributed by atoms with Crippen LogP contribution in [0.2, 0.25) is 0 Å². The lowest BCUT2D eigenvalue weighted by Gasteiger charge is -2.29. The van der Waals surface area contributed by atoms with E-state index in [2.05, 4.69) is 5.10 Å². The number of ether oxygens (including phenoxy) is 1. The van der Waals surface area contributed by atoms with E-state index >= 15 is 0 Å². The summed E-state index contributed by atoms with van der Waals surface area (Å²) in [6.45, 7) is 2.86. The third-order valence-electron chi connectivity index (χ3n) is 4.45.